The lowest BCUT2D eigenvalue weighted by Crippen LogP contribution is -1.97. The Morgan fingerprint density at radius 1 is 1.08 bits per heavy atom. The van der Waals surface area contributed by atoms with E-state index in [0.717, 1.165) is 28.1 Å². The minimum Gasteiger partial charge on any atom is -0.384 e. The van der Waals surface area contributed by atoms with Crippen LogP contribution in [0.4, 0.5) is 21.7 Å². The van der Waals surface area contributed by atoms with Crippen molar-refractivity contribution in [2.75, 3.05) is 11.1 Å². The molecule has 2 aromatic carbocycles. The van der Waals surface area contributed by atoms with Crippen LogP contribution in [0.1, 0.15) is 11.4 Å². The van der Waals surface area contributed by atoms with Crippen LogP contribution in [0.5, 0.6) is 0 Å². The predicted molar refractivity (Wildman–Crippen MR) is 95.0 cm³/mol. The molecule has 7 heteroatoms. The molecule has 4 rings (SSSR count). The molecule has 4 N–H and O–H groups in total. The molecule has 2 heterocycles. The second-order valence-corrected chi connectivity index (χ2v) is 5.68. The quantitative estimate of drug-likeness (QED) is 0.532. The van der Waals surface area contributed by atoms with E-state index in [-0.39, 0.29) is 5.82 Å². The van der Waals surface area contributed by atoms with E-state index in [1.807, 2.05) is 24.3 Å². The summed E-state index contributed by atoms with van der Waals surface area (Å²) in [4.78, 5) is 15.8. The highest BCUT2D eigenvalue weighted by Gasteiger charge is 2.06. The Balaban J connectivity index is 1.58. The van der Waals surface area contributed by atoms with E-state index in [4.69, 9.17) is 5.73 Å². The van der Waals surface area contributed by atoms with Crippen molar-refractivity contribution < 1.29 is 4.39 Å². The molecular formula is C18H15FN6. The van der Waals surface area contributed by atoms with Gasteiger partial charge < -0.3 is 16.0 Å². The molecule has 0 fully saturated rings. The van der Waals surface area contributed by atoms with Gasteiger partial charge in [0.05, 0.1) is 11.0 Å². The van der Waals surface area contributed by atoms with Gasteiger partial charge in [-0.3, -0.25) is 0 Å². The van der Waals surface area contributed by atoms with E-state index in [1.54, 1.807) is 12.1 Å². The summed E-state index contributed by atoms with van der Waals surface area (Å²) in [5.41, 5.74) is 9.11. The van der Waals surface area contributed by atoms with Crippen molar-refractivity contribution in [2.24, 2.45) is 0 Å². The largest absolute Gasteiger partial charge is 0.384 e. The molecule has 124 valence electrons. The molecule has 0 bridgehead atoms. The zero-order valence-electron chi connectivity index (χ0n) is 13.2. The number of benzene rings is 2. The van der Waals surface area contributed by atoms with Gasteiger partial charge in [-0.1, -0.05) is 12.1 Å². The van der Waals surface area contributed by atoms with Gasteiger partial charge in [0.25, 0.3) is 0 Å². The molecule has 0 amide bonds. The summed E-state index contributed by atoms with van der Waals surface area (Å²) in [7, 11) is 0. The monoisotopic (exact) mass is 334 g/mol. The molecular weight excluding hydrogens is 319 g/mol. The van der Waals surface area contributed by atoms with E-state index in [0.29, 0.717) is 18.1 Å². The second-order valence-electron chi connectivity index (χ2n) is 5.68. The molecule has 0 unspecified atom stereocenters. The van der Waals surface area contributed by atoms with Gasteiger partial charge in [-0.2, -0.15) is 0 Å². The van der Waals surface area contributed by atoms with Crippen molar-refractivity contribution in [1.29, 1.82) is 0 Å². The number of anilines is 3. The first-order valence-corrected chi connectivity index (χ1v) is 7.73. The van der Waals surface area contributed by atoms with E-state index in [2.05, 4.69) is 25.3 Å². The van der Waals surface area contributed by atoms with Gasteiger partial charge >= 0.3 is 0 Å². The van der Waals surface area contributed by atoms with Crippen molar-refractivity contribution in [3.63, 3.8) is 0 Å². The molecule has 0 aliphatic carbocycles. The van der Waals surface area contributed by atoms with Gasteiger partial charge in [-0.15, -0.1) is 0 Å². The third-order valence-electron chi connectivity index (χ3n) is 3.75. The molecule has 25 heavy (non-hydrogen) atoms. The molecule has 0 aliphatic heterocycles. The van der Waals surface area contributed by atoms with Crippen molar-refractivity contribution >= 4 is 28.4 Å². The van der Waals surface area contributed by atoms with E-state index >= 15 is 0 Å². The van der Waals surface area contributed by atoms with Crippen molar-refractivity contribution in [3.8, 4) is 0 Å². The Hall–Kier alpha value is -3.48. The van der Waals surface area contributed by atoms with Gasteiger partial charge in [0, 0.05) is 18.2 Å². The lowest BCUT2D eigenvalue weighted by Gasteiger charge is -2.05. The third-order valence-corrected chi connectivity index (χ3v) is 3.75. The number of fused-ring (bicyclic) bond motifs is 1. The van der Waals surface area contributed by atoms with Gasteiger partial charge in [-0.05, 0) is 35.9 Å². The number of hydrogen-bond donors (Lipinski definition) is 3. The SMILES string of the molecule is Nc1cc(Nc2ccc3nc(Cc4cccc(F)c4)[nH]c3c2)ncn1. The first kappa shape index (κ1) is 15.1. The summed E-state index contributed by atoms with van der Waals surface area (Å²) in [6.45, 7) is 0. The summed E-state index contributed by atoms with van der Waals surface area (Å²) in [6, 6.07) is 13.9. The highest BCUT2D eigenvalue weighted by atomic mass is 19.1. The first-order chi connectivity index (χ1) is 12.2. The summed E-state index contributed by atoms with van der Waals surface area (Å²) in [5.74, 6) is 1.55. The number of rotatable bonds is 4. The van der Waals surface area contributed by atoms with Gasteiger partial charge in [-0.25, -0.2) is 19.3 Å². The van der Waals surface area contributed by atoms with Crippen LogP contribution in [0.25, 0.3) is 11.0 Å². The minimum atomic E-state index is -0.246. The van der Waals surface area contributed by atoms with Crippen LogP contribution in [0, 0.1) is 5.82 Å². The number of nitrogens with two attached hydrogens (primary N) is 1. The summed E-state index contributed by atoms with van der Waals surface area (Å²) >= 11 is 0. The molecule has 4 aromatic rings. The van der Waals surface area contributed by atoms with Crippen LogP contribution < -0.4 is 11.1 Å². The molecule has 6 nitrogen and oxygen atoms in total. The lowest BCUT2D eigenvalue weighted by atomic mass is 10.1. The Bertz CT molecular complexity index is 997. The number of H-pyrrole nitrogens is 1. The Labute approximate surface area is 143 Å². The Kier molecular flexibility index (Phi) is 3.74. The maximum atomic E-state index is 13.3. The number of aromatic amines is 1. The predicted octanol–water partition coefficient (Wildman–Crippen LogP) is 3.41. The van der Waals surface area contributed by atoms with Crippen molar-refractivity contribution in [1.82, 2.24) is 19.9 Å². The van der Waals surface area contributed by atoms with Crippen LogP contribution in [0.15, 0.2) is 54.9 Å². The van der Waals surface area contributed by atoms with Gasteiger partial charge in [0.15, 0.2) is 0 Å². The number of nitrogens with one attached hydrogen (secondary N) is 2. The number of hydrogen-bond acceptors (Lipinski definition) is 5. The molecule has 0 atom stereocenters. The fourth-order valence-corrected chi connectivity index (χ4v) is 2.65. The molecule has 0 radical (unpaired) electrons. The van der Waals surface area contributed by atoms with Crippen LogP contribution in [0.3, 0.4) is 0 Å². The maximum Gasteiger partial charge on any atom is 0.135 e. The topological polar surface area (TPSA) is 92.5 Å². The second kappa shape index (κ2) is 6.20. The van der Waals surface area contributed by atoms with Crippen LogP contribution >= 0.6 is 0 Å². The zero-order chi connectivity index (χ0) is 17.2. The lowest BCUT2D eigenvalue weighted by molar-refractivity contribution is 0.626. The average molecular weight is 334 g/mol. The summed E-state index contributed by atoms with van der Waals surface area (Å²) in [5, 5.41) is 3.17. The van der Waals surface area contributed by atoms with Gasteiger partial charge in [0.1, 0.15) is 29.6 Å². The zero-order valence-corrected chi connectivity index (χ0v) is 13.2. The number of imidazole rings is 1. The van der Waals surface area contributed by atoms with Crippen LogP contribution in [0.2, 0.25) is 0 Å². The fraction of sp³-hybridized carbons (Fsp3) is 0.0556. The molecule has 0 saturated heterocycles. The first-order valence-electron chi connectivity index (χ1n) is 7.73. The summed E-state index contributed by atoms with van der Waals surface area (Å²) in [6.07, 6.45) is 1.95. The van der Waals surface area contributed by atoms with Gasteiger partial charge in [0.2, 0.25) is 0 Å². The van der Waals surface area contributed by atoms with Crippen LogP contribution in [-0.2, 0) is 6.42 Å². The van der Waals surface area contributed by atoms with Crippen molar-refractivity contribution in [3.05, 3.63) is 72.1 Å². The average Bonchev–Trinajstić information content (AvgIpc) is 2.96. The van der Waals surface area contributed by atoms with E-state index < -0.39 is 0 Å². The smallest absolute Gasteiger partial charge is 0.135 e. The number of nitrogens with zero attached hydrogens (tertiary/aromatic N) is 3. The maximum absolute atomic E-state index is 13.3. The van der Waals surface area contributed by atoms with E-state index in [1.165, 1.54) is 18.5 Å². The minimum absolute atomic E-state index is 0.246. The highest BCUT2D eigenvalue weighted by Crippen LogP contribution is 2.21. The third kappa shape index (κ3) is 3.40. The molecule has 2 aromatic heterocycles. The normalized spacial score (nSPS) is 10.9. The Morgan fingerprint density at radius 3 is 2.84 bits per heavy atom. The molecule has 0 saturated carbocycles. The molecule has 0 spiro atoms. The van der Waals surface area contributed by atoms with Crippen LogP contribution in [-0.4, -0.2) is 19.9 Å². The molecule has 0 aliphatic rings. The fourth-order valence-electron chi connectivity index (χ4n) is 2.65. The summed E-state index contributed by atoms with van der Waals surface area (Å²) < 4.78 is 13.3. The Morgan fingerprint density at radius 2 is 2.00 bits per heavy atom. The number of halogens is 1. The van der Waals surface area contributed by atoms with E-state index in [9.17, 15) is 4.39 Å². The number of nitrogen functional groups attached to an aromatic ring is 1. The van der Waals surface area contributed by atoms with Crippen molar-refractivity contribution in [2.45, 2.75) is 6.42 Å². The standard InChI is InChI=1S/C18H15FN6/c19-12-3-1-2-11(6-12)7-18-24-14-5-4-13(8-15(14)25-18)23-17-9-16(20)21-10-22-17/h1-6,8-10H,7H2,(H,24,25)(H3,20,21,22,23). The number of aromatic nitrogens is 4. The highest BCUT2D eigenvalue weighted by molar-refractivity contribution is 5.80.